The molecule has 0 bridgehead atoms. The summed E-state index contributed by atoms with van der Waals surface area (Å²) in [7, 11) is 1.40. The highest BCUT2D eigenvalue weighted by Crippen LogP contribution is 2.32. The Morgan fingerprint density at radius 3 is 2.68 bits per heavy atom. The van der Waals surface area contributed by atoms with Crippen molar-refractivity contribution in [1.29, 1.82) is 0 Å². The molecule has 2 amide bonds. The molecule has 1 N–H and O–H groups in total. The minimum atomic E-state index is -0.665. The van der Waals surface area contributed by atoms with Crippen LogP contribution in [0.4, 0.5) is 4.79 Å². The number of urea groups is 1. The van der Waals surface area contributed by atoms with Crippen molar-refractivity contribution in [3.63, 3.8) is 0 Å². The van der Waals surface area contributed by atoms with Gasteiger partial charge in [0.05, 0.1) is 12.5 Å². The molecule has 1 aromatic carbocycles. The van der Waals surface area contributed by atoms with Crippen molar-refractivity contribution in [3.05, 3.63) is 35.9 Å². The summed E-state index contributed by atoms with van der Waals surface area (Å²) in [4.78, 5) is 26.6. The van der Waals surface area contributed by atoms with Crippen LogP contribution in [0.15, 0.2) is 30.3 Å². The topological polar surface area (TPSA) is 67.9 Å². The zero-order valence-electron chi connectivity index (χ0n) is 14.7. The van der Waals surface area contributed by atoms with Gasteiger partial charge in [0.25, 0.3) is 0 Å². The minimum Gasteiger partial charge on any atom is -0.469 e. The summed E-state index contributed by atoms with van der Waals surface area (Å²) < 4.78 is 10.3. The molecular formula is C19H26N2O4. The largest absolute Gasteiger partial charge is 0.469 e. The predicted molar refractivity (Wildman–Crippen MR) is 93.3 cm³/mol. The van der Waals surface area contributed by atoms with Crippen LogP contribution in [0.3, 0.4) is 0 Å². The Bertz CT molecular complexity index is 599. The highest BCUT2D eigenvalue weighted by atomic mass is 16.5. The van der Waals surface area contributed by atoms with Crippen LogP contribution in [0, 0.1) is 5.41 Å². The van der Waals surface area contributed by atoms with Gasteiger partial charge < -0.3 is 19.7 Å². The van der Waals surface area contributed by atoms with Crippen molar-refractivity contribution in [2.75, 3.05) is 40.0 Å². The van der Waals surface area contributed by atoms with Crippen molar-refractivity contribution >= 4 is 12.0 Å². The number of amides is 2. The lowest BCUT2D eigenvalue weighted by Gasteiger charge is -2.34. The molecule has 6 nitrogen and oxygen atoms in total. The second-order valence-electron chi connectivity index (χ2n) is 6.89. The quantitative estimate of drug-likeness (QED) is 0.849. The molecule has 2 aliphatic heterocycles. The van der Waals surface area contributed by atoms with Gasteiger partial charge in [0.15, 0.2) is 0 Å². The third kappa shape index (κ3) is 3.95. The molecule has 1 atom stereocenters. The van der Waals surface area contributed by atoms with Gasteiger partial charge in [-0.3, -0.25) is 4.79 Å². The SMILES string of the molecule is COC(=O)C1(CNC(=O)N2CCC(c3ccccc3)C2)CCOCC1. The first-order valence-corrected chi connectivity index (χ1v) is 8.88. The average Bonchev–Trinajstić information content (AvgIpc) is 3.17. The Morgan fingerprint density at radius 1 is 1.28 bits per heavy atom. The van der Waals surface area contributed by atoms with Crippen LogP contribution in [0.2, 0.25) is 0 Å². The monoisotopic (exact) mass is 346 g/mol. The number of esters is 1. The van der Waals surface area contributed by atoms with E-state index in [1.165, 1.54) is 12.7 Å². The van der Waals surface area contributed by atoms with Gasteiger partial charge in [0.2, 0.25) is 0 Å². The van der Waals surface area contributed by atoms with E-state index in [0.29, 0.717) is 45.1 Å². The molecule has 2 saturated heterocycles. The van der Waals surface area contributed by atoms with E-state index >= 15 is 0 Å². The van der Waals surface area contributed by atoms with Crippen LogP contribution >= 0.6 is 0 Å². The average molecular weight is 346 g/mol. The number of hydrogen-bond donors (Lipinski definition) is 1. The van der Waals surface area contributed by atoms with E-state index in [9.17, 15) is 9.59 Å². The van der Waals surface area contributed by atoms with Crippen LogP contribution in [-0.2, 0) is 14.3 Å². The van der Waals surface area contributed by atoms with E-state index in [1.54, 1.807) is 0 Å². The number of nitrogens with zero attached hydrogens (tertiary/aromatic N) is 1. The maximum Gasteiger partial charge on any atom is 0.317 e. The van der Waals surface area contributed by atoms with Gasteiger partial charge in [-0.25, -0.2) is 4.79 Å². The molecule has 1 aromatic rings. The lowest BCUT2D eigenvalue weighted by molar-refractivity contribution is -0.158. The van der Waals surface area contributed by atoms with Crippen molar-refractivity contribution in [3.8, 4) is 0 Å². The molecule has 0 spiro atoms. The first-order valence-electron chi connectivity index (χ1n) is 8.88. The first kappa shape index (κ1) is 17.7. The Balaban J connectivity index is 1.56. The standard InChI is InChI=1S/C19H26N2O4/c1-24-17(22)19(8-11-25-12-9-19)14-20-18(23)21-10-7-16(13-21)15-5-3-2-4-6-15/h2-6,16H,7-14H2,1H3,(H,20,23). The van der Waals surface area contributed by atoms with Crippen LogP contribution < -0.4 is 5.32 Å². The van der Waals surface area contributed by atoms with Crippen molar-refractivity contribution in [2.24, 2.45) is 5.41 Å². The van der Waals surface area contributed by atoms with Gasteiger partial charge in [-0.15, -0.1) is 0 Å². The van der Waals surface area contributed by atoms with Gasteiger partial charge in [0.1, 0.15) is 0 Å². The number of ether oxygens (including phenoxy) is 2. The van der Waals surface area contributed by atoms with E-state index in [-0.39, 0.29) is 12.0 Å². The first-order chi connectivity index (χ1) is 12.1. The van der Waals surface area contributed by atoms with E-state index in [0.717, 1.165) is 13.0 Å². The molecule has 3 rings (SSSR count). The molecule has 136 valence electrons. The summed E-state index contributed by atoms with van der Waals surface area (Å²) in [6.07, 6.45) is 2.12. The summed E-state index contributed by atoms with van der Waals surface area (Å²) in [6.45, 7) is 2.79. The summed E-state index contributed by atoms with van der Waals surface area (Å²) in [5.41, 5.74) is 0.606. The molecule has 1 unspecified atom stereocenters. The molecule has 6 heteroatoms. The molecule has 0 aromatic heterocycles. The van der Waals surface area contributed by atoms with Crippen LogP contribution in [0.5, 0.6) is 0 Å². The summed E-state index contributed by atoms with van der Waals surface area (Å²) in [5.74, 6) is 0.115. The summed E-state index contributed by atoms with van der Waals surface area (Å²) in [6, 6.07) is 10.2. The summed E-state index contributed by atoms with van der Waals surface area (Å²) in [5, 5.41) is 2.95. The fraction of sp³-hybridized carbons (Fsp3) is 0.579. The number of hydrogen-bond acceptors (Lipinski definition) is 4. The van der Waals surface area contributed by atoms with Crippen molar-refractivity contribution < 1.29 is 19.1 Å². The van der Waals surface area contributed by atoms with Gasteiger partial charge in [-0.2, -0.15) is 0 Å². The number of carbonyl (C=O) groups is 2. The van der Waals surface area contributed by atoms with E-state index in [2.05, 4.69) is 17.4 Å². The highest BCUT2D eigenvalue weighted by Gasteiger charge is 2.42. The molecule has 0 aliphatic carbocycles. The highest BCUT2D eigenvalue weighted by molar-refractivity contribution is 5.79. The Kier molecular flexibility index (Phi) is 5.58. The maximum atomic E-state index is 12.5. The minimum absolute atomic E-state index is 0.104. The second kappa shape index (κ2) is 7.87. The van der Waals surface area contributed by atoms with Gasteiger partial charge in [-0.1, -0.05) is 30.3 Å². The van der Waals surface area contributed by atoms with Crippen molar-refractivity contribution in [2.45, 2.75) is 25.2 Å². The predicted octanol–water partition coefficient (Wildman–Crippen LogP) is 2.16. The van der Waals surface area contributed by atoms with Gasteiger partial charge >= 0.3 is 12.0 Å². The van der Waals surface area contributed by atoms with Crippen LogP contribution in [-0.4, -0.2) is 56.9 Å². The van der Waals surface area contributed by atoms with E-state index in [1.807, 2.05) is 23.1 Å². The lowest BCUT2D eigenvalue weighted by Crippen LogP contribution is -2.49. The van der Waals surface area contributed by atoms with E-state index in [4.69, 9.17) is 9.47 Å². The molecular weight excluding hydrogens is 320 g/mol. The fourth-order valence-electron chi connectivity index (χ4n) is 3.73. The third-order valence-electron chi connectivity index (χ3n) is 5.39. The Morgan fingerprint density at radius 2 is 2.00 bits per heavy atom. The van der Waals surface area contributed by atoms with Crippen LogP contribution in [0.25, 0.3) is 0 Å². The Hall–Kier alpha value is -2.08. The number of nitrogens with one attached hydrogen (secondary N) is 1. The zero-order chi connectivity index (χ0) is 17.7. The van der Waals surface area contributed by atoms with Crippen LogP contribution in [0.1, 0.15) is 30.7 Å². The smallest absolute Gasteiger partial charge is 0.317 e. The number of benzene rings is 1. The van der Waals surface area contributed by atoms with Gasteiger partial charge in [0, 0.05) is 38.8 Å². The third-order valence-corrected chi connectivity index (χ3v) is 5.39. The molecule has 0 saturated carbocycles. The normalized spacial score (nSPS) is 22.4. The number of carbonyl (C=O) groups excluding carboxylic acids is 2. The number of methoxy groups -OCH3 is 1. The summed E-state index contributed by atoms with van der Waals surface area (Å²) >= 11 is 0. The second-order valence-corrected chi connectivity index (χ2v) is 6.89. The molecule has 2 heterocycles. The molecule has 25 heavy (non-hydrogen) atoms. The maximum absolute atomic E-state index is 12.5. The van der Waals surface area contributed by atoms with E-state index < -0.39 is 5.41 Å². The molecule has 2 fully saturated rings. The number of rotatable bonds is 4. The lowest BCUT2D eigenvalue weighted by atomic mass is 9.80. The number of likely N-dealkylation sites (tertiary alicyclic amines) is 1. The van der Waals surface area contributed by atoms with Crippen molar-refractivity contribution in [1.82, 2.24) is 10.2 Å². The zero-order valence-corrected chi connectivity index (χ0v) is 14.7. The molecule has 2 aliphatic rings. The molecule has 0 radical (unpaired) electrons. The fourth-order valence-corrected chi connectivity index (χ4v) is 3.73. The van der Waals surface area contributed by atoms with Gasteiger partial charge in [-0.05, 0) is 24.8 Å². The Labute approximate surface area is 148 Å².